The lowest BCUT2D eigenvalue weighted by molar-refractivity contribution is -0.136. The number of carbonyl (C=O) groups is 1. The van der Waals surface area contributed by atoms with Gasteiger partial charge < -0.3 is 20.3 Å². The lowest BCUT2D eigenvalue weighted by atomic mass is 10.1. The number of amidine groups is 1. The number of thioether (sulfide) groups is 1. The van der Waals surface area contributed by atoms with Crippen LogP contribution in [0, 0.1) is 0 Å². The number of carboxylic acid groups (broad SMARTS) is 1. The van der Waals surface area contributed by atoms with E-state index in [0.29, 0.717) is 50.1 Å². The number of rotatable bonds is 10. The molecule has 1 aromatic carbocycles. The molecule has 0 fully saturated rings. The van der Waals surface area contributed by atoms with Gasteiger partial charge in [-0.15, -0.1) is 11.3 Å². The highest BCUT2D eigenvalue weighted by Crippen LogP contribution is 2.38. The molecule has 0 radical (unpaired) electrons. The average molecular weight is 538 g/mol. The lowest BCUT2D eigenvalue weighted by Gasteiger charge is -2.10. The summed E-state index contributed by atoms with van der Waals surface area (Å²) in [5, 5.41) is 10.1. The Balaban J connectivity index is 2.17. The Hall–Kier alpha value is -2.96. The number of aryl methyl sites for hydroxylation is 1. The van der Waals surface area contributed by atoms with Crippen LogP contribution in [0.3, 0.4) is 0 Å². The van der Waals surface area contributed by atoms with E-state index < -0.39 is 16.0 Å². The Labute approximate surface area is 212 Å². The molecule has 188 valence electrons. The third-order valence-electron chi connectivity index (χ3n) is 5.15. The van der Waals surface area contributed by atoms with Crippen molar-refractivity contribution in [2.45, 2.75) is 30.4 Å². The Kier molecular flexibility index (Phi) is 8.51. The van der Waals surface area contributed by atoms with Crippen molar-refractivity contribution in [2.75, 3.05) is 20.5 Å². The quantitative estimate of drug-likeness (QED) is 0.287. The number of ether oxygens (including phenoxy) is 2. The summed E-state index contributed by atoms with van der Waals surface area (Å²) in [5.41, 5.74) is 7.43. The number of allylic oxidation sites excluding steroid dienone is 1. The first-order chi connectivity index (χ1) is 16.7. The SMILES string of the molecule is CC/C=C(\N=C(N)SC)c1ccc(S(=O)(=O)n2cc(CCC(=O)O)c3cc(OC)c(OC)cc32)s1. The second-order valence-electron chi connectivity index (χ2n) is 7.34. The summed E-state index contributed by atoms with van der Waals surface area (Å²) in [4.78, 5) is 16.3. The zero-order valence-corrected chi connectivity index (χ0v) is 22.2. The molecular formula is C23H27N3O6S3. The maximum Gasteiger partial charge on any atom is 0.303 e. The van der Waals surface area contributed by atoms with Crippen molar-refractivity contribution < 1.29 is 27.8 Å². The Bertz CT molecular complexity index is 1400. The fourth-order valence-corrected chi connectivity index (χ4v) is 6.43. The number of aliphatic carboxylic acids is 1. The van der Waals surface area contributed by atoms with Gasteiger partial charge >= 0.3 is 5.97 Å². The van der Waals surface area contributed by atoms with E-state index in [1.807, 2.05) is 19.3 Å². The minimum atomic E-state index is -4.01. The summed E-state index contributed by atoms with van der Waals surface area (Å²) in [7, 11) is -1.07. The number of hydrogen-bond acceptors (Lipinski definition) is 8. The minimum Gasteiger partial charge on any atom is -0.493 e. The highest BCUT2D eigenvalue weighted by molar-refractivity contribution is 8.13. The van der Waals surface area contributed by atoms with E-state index in [1.54, 1.807) is 18.2 Å². The van der Waals surface area contributed by atoms with E-state index in [-0.39, 0.29) is 17.1 Å². The molecule has 9 nitrogen and oxygen atoms in total. The van der Waals surface area contributed by atoms with E-state index in [9.17, 15) is 13.2 Å². The topological polar surface area (TPSA) is 133 Å². The molecule has 3 aromatic rings. The van der Waals surface area contributed by atoms with Crippen molar-refractivity contribution >= 4 is 60.9 Å². The zero-order valence-electron chi connectivity index (χ0n) is 19.8. The molecule has 3 rings (SSSR count). The van der Waals surface area contributed by atoms with E-state index >= 15 is 0 Å². The maximum absolute atomic E-state index is 13.7. The number of aromatic nitrogens is 1. The molecule has 2 aromatic heterocycles. The van der Waals surface area contributed by atoms with Crippen LogP contribution in [0.5, 0.6) is 11.5 Å². The molecule has 3 N–H and O–H groups in total. The first-order valence-electron chi connectivity index (χ1n) is 10.6. The molecule has 0 aliphatic heterocycles. The second-order valence-corrected chi connectivity index (χ2v) is 11.3. The molecular weight excluding hydrogens is 510 g/mol. The van der Waals surface area contributed by atoms with Gasteiger partial charge in [0.1, 0.15) is 4.21 Å². The van der Waals surface area contributed by atoms with Crippen molar-refractivity contribution in [3.63, 3.8) is 0 Å². The predicted octanol–water partition coefficient (Wildman–Crippen LogP) is 4.40. The van der Waals surface area contributed by atoms with Crippen molar-refractivity contribution in [2.24, 2.45) is 10.7 Å². The van der Waals surface area contributed by atoms with Crippen LogP contribution in [-0.2, 0) is 21.2 Å². The van der Waals surface area contributed by atoms with Crippen LogP contribution in [0.15, 0.2) is 45.7 Å². The van der Waals surface area contributed by atoms with Crippen LogP contribution in [0.25, 0.3) is 16.6 Å². The van der Waals surface area contributed by atoms with Crippen LogP contribution >= 0.6 is 23.1 Å². The van der Waals surface area contributed by atoms with Gasteiger partial charge in [0, 0.05) is 24.1 Å². The fourth-order valence-electron chi connectivity index (χ4n) is 3.48. The molecule has 2 heterocycles. The minimum absolute atomic E-state index is 0.115. The number of nitrogens with two attached hydrogens (primary N) is 1. The monoisotopic (exact) mass is 537 g/mol. The number of benzene rings is 1. The third kappa shape index (κ3) is 5.65. The molecule has 0 aliphatic carbocycles. The Morgan fingerprint density at radius 1 is 1.26 bits per heavy atom. The molecule has 0 aliphatic rings. The zero-order chi connectivity index (χ0) is 25.8. The molecule has 0 atom stereocenters. The van der Waals surface area contributed by atoms with Crippen molar-refractivity contribution in [1.82, 2.24) is 3.97 Å². The van der Waals surface area contributed by atoms with E-state index in [0.717, 1.165) is 11.3 Å². The molecule has 12 heteroatoms. The van der Waals surface area contributed by atoms with E-state index in [1.165, 1.54) is 42.2 Å². The number of fused-ring (bicyclic) bond motifs is 1. The van der Waals surface area contributed by atoms with Crippen LogP contribution in [0.4, 0.5) is 0 Å². The number of aliphatic imine (C=N–C) groups is 1. The maximum atomic E-state index is 13.7. The van der Waals surface area contributed by atoms with Gasteiger partial charge in [-0.25, -0.2) is 8.96 Å². The normalized spacial score (nSPS) is 12.8. The molecule has 0 spiro atoms. The van der Waals surface area contributed by atoms with Crippen LogP contribution < -0.4 is 15.2 Å². The standard InChI is InChI=1S/C23H27N3O6S3/c1-5-6-16(25-23(24)33-4)20-8-10-22(34-20)35(29,30)26-13-14(7-9-21(27)28)15-11-18(31-2)19(32-3)12-17(15)26/h6,8,10-13H,5,7,9H2,1-4H3,(H2,24,25)(H,27,28)/b16-6-. The van der Waals surface area contributed by atoms with Gasteiger partial charge in [0.05, 0.1) is 30.3 Å². The summed E-state index contributed by atoms with van der Waals surface area (Å²) in [5.74, 6) is -0.192. The predicted molar refractivity (Wildman–Crippen MR) is 141 cm³/mol. The molecule has 0 amide bonds. The third-order valence-corrected chi connectivity index (χ3v) is 8.91. The van der Waals surface area contributed by atoms with Crippen molar-refractivity contribution in [1.29, 1.82) is 0 Å². The molecule has 0 unspecified atom stereocenters. The highest BCUT2D eigenvalue weighted by atomic mass is 32.2. The van der Waals surface area contributed by atoms with Crippen molar-refractivity contribution in [3.8, 4) is 11.5 Å². The van der Waals surface area contributed by atoms with Gasteiger partial charge in [0.25, 0.3) is 10.0 Å². The van der Waals surface area contributed by atoms with Gasteiger partial charge in [-0.05, 0) is 42.9 Å². The van der Waals surface area contributed by atoms with Crippen molar-refractivity contribution in [3.05, 3.63) is 47.0 Å². The van der Waals surface area contributed by atoms with Gasteiger partial charge in [-0.3, -0.25) is 4.79 Å². The molecule has 0 saturated carbocycles. The van der Waals surface area contributed by atoms with E-state index in [4.69, 9.17) is 20.3 Å². The first-order valence-corrected chi connectivity index (χ1v) is 14.1. The fraction of sp³-hybridized carbons (Fsp3) is 0.304. The Morgan fingerprint density at radius 3 is 2.54 bits per heavy atom. The number of nitrogens with zero attached hydrogens (tertiary/aromatic N) is 2. The van der Waals surface area contributed by atoms with Gasteiger partial charge in [0.2, 0.25) is 0 Å². The number of carboxylic acids is 1. The highest BCUT2D eigenvalue weighted by Gasteiger charge is 2.25. The first kappa shape index (κ1) is 26.6. The summed E-state index contributed by atoms with van der Waals surface area (Å²) in [6.45, 7) is 1.96. The van der Waals surface area contributed by atoms with Gasteiger partial charge in [-0.1, -0.05) is 24.8 Å². The second kappa shape index (κ2) is 11.2. The van der Waals surface area contributed by atoms with Crippen LogP contribution in [-0.4, -0.2) is 49.1 Å². The molecule has 0 bridgehead atoms. The lowest BCUT2D eigenvalue weighted by Crippen LogP contribution is -2.10. The summed E-state index contributed by atoms with van der Waals surface area (Å²) < 4.78 is 39.5. The smallest absolute Gasteiger partial charge is 0.303 e. The number of methoxy groups -OCH3 is 2. The number of hydrogen-bond donors (Lipinski definition) is 2. The van der Waals surface area contributed by atoms with Crippen LogP contribution in [0.1, 0.15) is 30.2 Å². The molecule has 0 saturated heterocycles. The van der Waals surface area contributed by atoms with Gasteiger partial charge in [0.15, 0.2) is 16.7 Å². The molecule has 35 heavy (non-hydrogen) atoms. The van der Waals surface area contributed by atoms with Gasteiger partial charge in [-0.2, -0.15) is 8.42 Å². The summed E-state index contributed by atoms with van der Waals surface area (Å²) >= 11 is 2.40. The average Bonchev–Trinajstić information content (AvgIpc) is 3.47. The number of thiophene rings is 1. The summed E-state index contributed by atoms with van der Waals surface area (Å²) in [6, 6.07) is 6.49. The summed E-state index contributed by atoms with van der Waals surface area (Å²) in [6.07, 6.45) is 5.89. The largest absolute Gasteiger partial charge is 0.493 e. The van der Waals surface area contributed by atoms with Crippen LogP contribution in [0.2, 0.25) is 0 Å². The Morgan fingerprint density at radius 2 is 1.94 bits per heavy atom. The van der Waals surface area contributed by atoms with E-state index in [2.05, 4.69) is 4.99 Å².